The second-order valence-electron chi connectivity index (χ2n) is 5.76. The van der Waals surface area contributed by atoms with Crippen molar-refractivity contribution in [3.8, 4) is 0 Å². The molecule has 7 heteroatoms. The van der Waals surface area contributed by atoms with E-state index in [4.69, 9.17) is 14.2 Å². The third-order valence-corrected chi connectivity index (χ3v) is 3.95. The Morgan fingerprint density at radius 2 is 1.42 bits per heavy atom. The van der Waals surface area contributed by atoms with Crippen LogP contribution in [0, 0.1) is 0 Å². The highest BCUT2D eigenvalue weighted by molar-refractivity contribution is 5.90. The Morgan fingerprint density at radius 3 is 2.00 bits per heavy atom. The van der Waals surface area contributed by atoms with Crippen LogP contribution in [0.5, 0.6) is 0 Å². The molecule has 1 saturated heterocycles. The van der Waals surface area contributed by atoms with Crippen LogP contribution in [-0.2, 0) is 14.2 Å². The second kappa shape index (κ2) is 8.09. The lowest BCUT2D eigenvalue weighted by Gasteiger charge is -2.20. The van der Waals surface area contributed by atoms with Gasteiger partial charge < -0.3 is 24.4 Å². The van der Waals surface area contributed by atoms with Gasteiger partial charge in [0.2, 0.25) is 0 Å². The zero-order valence-electron chi connectivity index (χ0n) is 13.7. The number of hydrogen-bond acceptors (Lipinski definition) is 7. The van der Waals surface area contributed by atoms with Crippen molar-refractivity contribution in [3.05, 3.63) is 71.8 Å². The molecule has 1 fully saturated rings. The van der Waals surface area contributed by atoms with E-state index in [0.29, 0.717) is 11.1 Å². The molecule has 0 saturated carbocycles. The number of aliphatic hydroxyl groups is 2. The smallest absolute Gasteiger partial charge is 0.338 e. The lowest BCUT2D eigenvalue weighted by Crippen LogP contribution is -2.39. The van der Waals surface area contributed by atoms with Crippen LogP contribution < -0.4 is 0 Å². The van der Waals surface area contributed by atoms with Crippen molar-refractivity contribution >= 4 is 11.9 Å². The van der Waals surface area contributed by atoms with Crippen LogP contribution in [0.3, 0.4) is 0 Å². The van der Waals surface area contributed by atoms with Crippen LogP contribution in [0.15, 0.2) is 60.7 Å². The summed E-state index contributed by atoms with van der Waals surface area (Å²) in [6.07, 6.45) is -5.13. The van der Waals surface area contributed by atoms with Gasteiger partial charge in [-0.2, -0.15) is 0 Å². The molecular weight excluding hydrogens is 340 g/mol. The summed E-state index contributed by atoms with van der Waals surface area (Å²) in [4.78, 5) is 24.2. The summed E-state index contributed by atoms with van der Waals surface area (Å²) in [5.74, 6) is -1.26. The molecule has 2 N–H and O–H groups in total. The first-order chi connectivity index (χ1) is 12.6. The zero-order valence-corrected chi connectivity index (χ0v) is 13.7. The molecule has 1 aliphatic rings. The fourth-order valence-corrected chi connectivity index (χ4v) is 2.58. The average Bonchev–Trinajstić information content (AvgIpc) is 2.95. The Kier molecular flexibility index (Phi) is 5.62. The molecule has 1 heterocycles. The van der Waals surface area contributed by atoms with E-state index in [9.17, 15) is 19.8 Å². The zero-order chi connectivity index (χ0) is 18.5. The molecular formula is C19H18O7. The largest absolute Gasteiger partial charge is 0.459 e. The molecule has 2 aromatic carbocycles. The lowest BCUT2D eigenvalue weighted by molar-refractivity contribution is -0.133. The van der Waals surface area contributed by atoms with E-state index in [0.717, 1.165) is 0 Å². The number of ether oxygens (including phenoxy) is 3. The summed E-state index contributed by atoms with van der Waals surface area (Å²) in [5.41, 5.74) is 0.644. The fourth-order valence-electron chi connectivity index (χ4n) is 2.58. The van der Waals surface area contributed by atoms with Gasteiger partial charge in [-0.25, -0.2) is 9.59 Å². The van der Waals surface area contributed by atoms with Crippen molar-refractivity contribution < 1.29 is 34.0 Å². The molecule has 0 aromatic heterocycles. The summed E-state index contributed by atoms with van der Waals surface area (Å²) >= 11 is 0. The van der Waals surface area contributed by atoms with E-state index in [2.05, 4.69) is 0 Å². The van der Waals surface area contributed by atoms with Crippen LogP contribution >= 0.6 is 0 Å². The number of carbonyl (C=O) groups is 2. The molecule has 1 aliphatic heterocycles. The van der Waals surface area contributed by atoms with Crippen molar-refractivity contribution in [1.29, 1.82) is 0 Å². The molecule has 3 rings (SSSR count). The van der Waals surface area contributed by atoms with Crippen molar-refractivity contribution in [1.82, 2.24) is 0 Å². The van der Waals surface area contributed by atoms with Gasteiger partial charge in [0.1, 0.15) is 18.8 Å². The van der Waals surface area contributed by atoms with E-state index in [1.54, 1.807) is 60.7 Å². The first kappa shape index (κ1) is 18.1. The van der Waals surface area contributed by atoms with Crippen LogP contribution in [0.1, 0.15) is 20.7 Å². The maximum absolute atomic E-state index is 12.2. The topological polar surface area (TPSA) is 102 Å². The van der Waals surface area contributed by atoms with E-state index >= 15 is 0 Å². The van der Waals surface area contributed by atoms with Gasteiger partial charge >= 0.3 is 11.9 Å². The summed E-state index contributed by atoms with van der Waals surface area (Å²) < 4.78 is 15.6. The van der Waals surface area contributed by atoms with E-state index in [-0.39, 0.29) is 6.61 Å². The molecule has 0 aliphatic carbocycles. The summed E-state index contributed by atoms with van der Waals surface area (Å²) in [6.45, 7) is -0.283. The highest BCUT2D eigenvalue weighted by atomic mass is 16.7. The highest BCUT2D eigenvalue weighted by Gasteiger charge is 2.46. The Morgan fingerprint density at radius 1 is 0.885 bits per heavy atom. The Bertz CT molecular complexity index is 747. The third-order valence-electron chi connectivity index (χ3n) is 3.95. The number of aliphatic hydroxyl groups excluding tert-OH is 2. The quantitative estimate of drug-likeness (QED) is 0.773. The Labute approximate surface area is 149 Å². The van der Waals surface area contributed by atoms with Crippen molar-refractivity contribution in [2.24, 2.45) is 0 Å². The van der Waals surface area contributed by atoms with Gasteiger partial charge in [-0.05, 0) is 24.3 Å². The number of hydrogen-bond donors (Lipinski definition) is 2. The van der Waals surface area contributed by atoms with Crippen molar-refractivity contribution in [2.45, 2.75) is 24.6 Å². The Hall–Kier alpha value is -2.74. The maximum atomic E-state index is 12.2. The molecule has 0 spiro atoms. The number of benzene rings is 2. The standard InChI is InChI=1S/C19H18O7/c20-15-16(26-18(22)13-9-5-2-6-10-13)14(25-19(15)23)11-24-17(21)12-7-3-1-4-8-12/h1-10,14-16,19-20,23H,11H2/t14?,15-,16-,19+/m0/s1. The molecule has 0 amide bonds. The number of rotatable bonds is 5. The fraction of sp³-hybridized carbons (Fsp3) is 0.263. The first-order valence-electron chi connectivity index (χ1n) is 8.06. The predicted molar refractivity (Wildman–Crippen MR) is 89.3 cm³/mol. The van der Waals surface area contributed by atoms with E-state index in [1.807, 2.05) is 0 Å². The second-order valence-corrected chi connectivity index (χ2v) is 5.76. The van der Waals surface area contributed by atoms with Gasteiger partial charge in [-0.3, -0.25) is 0 Å². The normalized spacial score (nSPS) is 24.8. The maximum Gasteiger partial charge on any atom is 0.338 e. The molecule has 7 nitrogen and oxygen atoms in total. The van der Waals surface area contributed by atoms with Gasteiger partial charge in [0, 0.05) is 0 Å². The number of carbonyl (C=O) groups excluding carboxylic acids is 2. The van der Waals surface area contributed by atoms with Crippen molar-refractivity contribution in [2.75, 3.05) is 6.61 Å². The minimum Gasteiger partial charge on any atom is -0.459 e. The van der Waals surface area contributed by atoms with Gasteiger partial charge in [0.25, 0.3) is 0 Å². The predicted octanol–water partition coefficient (Wildman–Crippen LogP) is 1.15. The Balaban J connectivity index is 1.63. The third kappa shape index (κ3) is 4.08. The van der Waals surface area contributed by atoms with Crippen LogP contribution in [0.4, 0.5) is 0 Å². The van der Waals surface area contributed by atoms with Gasteiger partial charge in [0.15, 0.2) is 12.4 Å². The highest BCUT2D eigenvalue weighted by Crippen LogP contribution is 2.24. The van der Waals surface area contributed by atoms with Crippen LogP contribution in [-0.4, -0.2) is 53.4 Å². The first-order valence-corrected chi connectivity index (χ1v) is 8.06. The molecule has 2 aromatic rings. The van der Waals surface area contributed by atoms with E-state index in [1.165, 1.54) is 0 Å². The van der Waals surface area contributed by atoms with Gasteiger partial charge in [-0.15, -0.1) is 0 Å². The molecule has 4 atom stereocenters. The minimum absolute atomic E-state index is 0.283. The van der Waals surface area contributed by atoms with Crippen LogP contribution in [0.25, 0.3) is 0 Å². The summed E-state index contributed by atoms with van der Waals surface area (Å²) in [5, 5.41) is 19.7. The molecule has 136 valence electrons. The van der Waals surface area contributed by atoms with E-state index < -0.39 is 36.5 Å². The minimum atomic E-state index is -1.54. The van der Waals surface area contributed by atoms with Crippen molar-refractivity contribution in [3.63, 3.8) is 0 Å². The average molecular weight is 358 g/mol. The summed E-state index contributed by atoms with van der Waals surface area (Å²) in [7, 11) is 0. The molecule has 0 bridgehead atoms. The monoisotopic (exact) mass is 358 g/mol. The SMILES string of the molecule is O=C(OCC1O[C@@H](O)[C@@H](O)[C@H]1OC(=O)c1ccccc1)c1ccccc1. The molecule has 26 heavy (non-hydrogen) atoms. The molecule has 1 unspecified atom stereocenters. The number of esters is 2. The molecule has 0 radical (unpaired) electrons. The lowest BCUT2D eigenvalue weighted by atomic mass is 10.1. The summed E-state index contributed by atoms with van der Waals surface area (Å²) in [6, 6.07) is 16.6. The van der Waals surface area contributed by atoms with Crippen LogP contribution in [0.2, 0.25) is 0 Å². The van der Waals surface area contributed by atoms with Gasteiger partial charge in [0.05, 0.1) is 11.1 Å². The van der Waals surface area contributed by atoms with Gasteiger partial charge in [-0.1, -0.05) is 36.4 Å².